The van der Waals surface area contributed by atoms with Crippen molar-refractivity contribution in [2.45, 2.75) is 11.8 Å². The highest BCUT2D eigenvalue weighted by molar-refractivity contribution is 14.1. The molecule has 0 spiro atoms. The van der Waals surface area contributed by atoms with E-state index in [1.165, 1.54) is 31.0 Å². The average Bonchev–Trinajstić information content (AvgIpc) is 2.47. The van der Waals surface area contributed by atoms with Crippen LogP contribution in [0.4, 0.5) is 0 Å². The van der Waals surface area contributed by atoms with Gasteiger partial charge in [-0.25, -0.2) is 0 Å². The van der Waals surface area contributed by atoms with Crippen LogP contribution >= 0.6 is 38.5 Å². The molecule has 2 heteroatoms. The molecule has 0 saturated heterocycles. The van der Waals surface area contributed by atoms with Crippen LogP contribution in [-0.4, -0.2) is 0 Å². The maximum Gasteiger partial charge on any atom is 0.0653 e. The summed E-state index contributed by atoms with van der Waals surface area (Å²) in [6.45, 7) is 2.18. The Morgan fingerprint density at radius 1 is 0.900 bits per heavy atom. The van der Waals surface area contributed by atoms with Gasteiger partial charge in [0.1, 0.15) is 0 Å². The quantitative estimate of drug-likeness (QED) is 0.329. The molecule has 3 rings (SSSR count). The normalized spacial score (nSPS) is 12.6. The molecule has 3 aromatic rings. The number of hydrogen-bond acceptors (Lipinski definition) is 0. The standard InChI is InChI=1S/C18H14BrI/c1-12-6-7-13-4-2-3-5-16(13)17(12)18(19)14-8-10-15(20)11-9-14/h2-11,18H,1H3. The Labute approximate surface area is 141 Å². The predicted octanol–water partition coefficient (Wildman–Crippen LogP) is 6.24. The number of alkyl halides is 1. The number of rotatable bonds is 2. The fourth-order valence-electron chi connectivity index (χ4n) is 2.54. The van der Waals surface area contributed by atoms with E-state index in [0.29, 0.717) is 0 Å². The lowest BCUT2D eigenvalue weighted by Gasteiger charge is -2.17. The Morgan fingerprint density at radius 2 is 1.60 bits per heavy atom. The van der Waals surface area contributed by atoms with Gasteiger partial charge in [0.15, 0.2) is 0 Å². The second-order valence-corrected chi connectivity index (χ2v) is 7.09. The van der Waals surface area contributed by atoms with E-state index in [2.05, 4.69) is 106 Å². The van der Waals surface area contributed by atoms with Crippen molar-refractivity contribution in [2.75, 3.05) is 0 Å². The van der Waals surface area contributed by atoms with Crippen LogP contribution in [0.15, 0.2) is 60.7 Å². The van der Waals surface area contributed by atoms with E-state index >= 15 is 0 Å². The second-order valence-electron chi connectivity index (χ2n) is 4.93. The SMILES string of the molecule is Cc1ccc2ccccc2c1C(Br)c1ccc(I)cc1. The van der Waals surface area contributed by atoms with Crippen molar-refractivity contribution in [3.63, 3.8) is 0 Å². The van der Waals surface area contributed by atoms with Crippen molar-refractivity contribution >= 4 is 49.3 Å². The van der Waals surface area contributed by atoms with Gasteiger partial charge in [0.05, 0.1) is 4.83 Å². The first-order chi connectivity index (χ1) is 9.66. The largest absolute Gasteiger partial charge is 0.0786 e. The van der Waals surface area contributed by atoms with Crippen LogP contribution in [0.5, 0.6) is 0 Å². The molecule has 0 heterocycles. The van der Waals surface area contributed by atoms with Gasteiger partial charge in [-0.2, -0.15) is 0 Å². The van der Waals surface area contributed by atoms with Crippen LogP contribution in [0.2, 0.25) is 0 Å². The molecule has 0 N–H and O–H groups in total. The molecule has 0 aliphatic carbocycles. The smallest absolute Gasteiger partial charge is 0.0653 e. The molecule has 0 aliphatic heterocycles. The monoisotopic (exact) mass is 436 g/mol. The Morgan fingerprint density at radius 3 is 2.35 bits per heavy atom. The lowest BCUT2D eigenvalue weighted by atomic mass is 9.94. The van der Waals surface area contributed by atoms with Crippen LogP contribution in [0, 0.1) is 10.5 Å². The van der Waals surface area contributed by atoms with Crippen molar-refractivity contribution in [2.24, 2.45) is 0 Å². The third-order valence-electron chi connectivity index (χ3n) is 3.60. The molecule has 0 fully saturated rings. The lowest BCUT2D eigenvalue weighted by molar-refractivity contribution is 1.16. The maximum absolute atomic E-state index is 3.89. The predicted molar refractivity (Wildman–Crippen MR) is 98.6 cm³/mol. The molecule has 0 bridgehead atoms. The van der Waals surface area contributed by atoms with E-state index in [1.807, 2.05) is 0 Å². The van der Waals surface area contributed by atoms with Gasteiger partial charge >= 0.3 is 0 Å². The second kappa shape index (κ2) is 5.86. The van der Waals surface area contributed by atoms with Crippen molar-refractivity contribution < 1.29 is 0 Å². The van der Waals surface area contributed by atoms with Crippen LogP contribution in [0.1, 0.15) is 21.5 Å². The third-order valence-corrected chi connectivity index (χ3v) is 5.31. The number of halogens is 2. The zero-order valence-corrected chi connectivity index (χ0v) is 14.9. The van der Waals surface area contributed by atoms with Crippen molar-refractivity contribution in [3.05, 3.63) is 80.9 Å². The van der Waals surface area contributed by atoms with Gasteiger partial charge in [-0.05, 0) is 69.1 Å². The number of fused-ring (bicyclic) bond motifs is 1. The van der Waals surface area contributed by atoms with E-state index < -0.39 is 0 Å². The lowest BCUT2D eigenvalue weighted by Crippen LogP contribution is -1.97. The minimum atomic E-state index is 0.227. The summed E-state index contributed by atoms with van der Waals surface area (Å²) in [5, 5.41) is 2.62. The molecule has 0 aromatic heterocycles. The van der Waals surface area contributed by atoms with Gasteiger partial charge < -0.3 is 0 Å². The Hall–Kier alpha value is -0.870. The molecule has 0 nitrogen and oxygen atoms in total. The Kier molecular flexibility index (Phi) is 4.13. The van der Waals surface area contributed by atoms with E-state index in [4.69, 9.17) is 0 Å². The first kappa shape index (κ1) is 14.1. The summed E-state index contributed by atoms with van der Waals surface area (Å²) in [5.74, 6) is 0. The molecular formula is C18H14BrI. The van der Waals surface area contributed by atoms with Gasteiger partial charge in [-0.3, -0.25) is 0 Å². The summed E-state index contributed by atoms with van der Waals surface area (Å²) >= 11 is 6.23. The van der Waals surface area contributed by atoms with Crippen LogP contribution in [0.3, 0.4) is 0 Å². The minimum Gasteiger partial charge on any atom is -0.0786 e. The van der Waals surface area contributed by atoms with E-state index in [1.54, 1.807) is 0 Å². The summed E-state index contributed by atoms with van der Waals surface area (Å²) in [5.41, 5.74) is 3.98. The zero-order chi connectivity index (χ0) is 14.1. The molecule has 0 radical (unpaired) electrons. The van der Waals surface area contributed by atoms with Crippen LogP contribution in [-0.2, 0) is 0 Å². The number of benzene rings is 3. The fraction of sp³-hybridized carbons (Fsp3) is 0.111. The third kappa shape index (κ3) is 2.63. The molecule has 0 amide bonds. The number of aryl methyl sites for hydroxylation is 1. The summed E-state index contributed by atoms with van der Waals surface area (Å²) in [6, 6.07) is 21.7. The summed E-state index contributed by atoms with van der Waals surface area (Å²) in [4.78, 5) is 0.227. The fourth-order valence-corrected chi connectivity index (χ4v) is 3.81. The average molecular weight is 437 g/mol. The molecule has 1 unspecified atom stereocenters. The van der Waals surface area contributed by atoms with E-state index in [9.17, 15) is 0 Å². The van der Waals surface area contributed by atoms with Crippen LogP contribution < -0.4 is 0 Å². The Balaban J connectivity index is 2.18. The number of hydrogen-bond donors (Lipinski definition) is 0. The Bertz CT molecular complexity index is 747. The molecule has 20 heavy (non-hydrogen) atoms. The van der Waals surface area contributed by atoms with Gasteiger partial charge in [-0.1, -0.05) is 64.5 Å². The van der Waals surface area contributed by atoms with Gasteiger partial charge in [-0.15, -0.1) is 0 Å². The highest BCUT2D eigenvalue weighted by Gasteiger charge is 2.15. The topological polar surface area (TPSA) is 0 Å². The molecule has 0 aliphatic rings. The first-order valence-electron chi connectivity index (χ1n) is 6.54. The van der Waals surface area contributed by atoms with E-state index in [-0.39, 0.29) is 4.83 Å². The van der Waals surface area contributed by atoms with Crippen molar-refractivity contribution in [3.8, 4) is 0 Å². The summed E-state index contributed by atoms with van der Waals surface area (Å²) in [7, 11) is 0. The van der Waals surface area contributed by atoms with Crippen molar-refractivity contribution in [1.82, 2.24) is 0 Å². The van der Waals surface area contributed by atoms with Crippen LogP contribution in [0.25, 0.3) is 10.8 Å². The highest BCUT2D eigenvalue weighted by atomic mass is 127. The van der Waals surface area contributed by atoms with Gasteiger partial charge in [0, 0.05) is 3.57 Å². The minimum absolute atomic E-state index is 0.227. The molecular weight excluding hydrogens is 423 g/mol. The molecule has 100 valence electrons. The van der Waals surface area contributed by atoms with E-state index in [0.717, 1.165) is 0 Å². The molecule has 0 saturated carbocycles. The molecule has 1 atom stereocenters. The zero-order valence-electron chi connectivity index (χ0n) is 11.1. The first-order valence-corrected chi connectivity index (χ1v) is 8.54. The summed E-state index contributed by atoms with van der Waals surface area (Å²) < 4.78 is 1.26. The highest BCUT2D eigenvalue weighted by Crippen LogP contribution is 2.37. The van der Waals surface area contributed by atoms with Crippen molar-refractivity contribution in [1.29, 1.82) is 0 Å². The maximum atomic E-state index is 3.89. The molecule has 3 aromatic carbocycles. The summed E-state index contributed by atoms with van der Waals surface area (Å²) in [6.07, 6.45) is 0. The van der Waals surface area contributed by atoms with Gasteiger partial charge in [0.2, 0.25) is 0 Å². The van der Waals surface area contributed by atoms with Gasteiger partial charge in [0.25, 0.3) is 0 Å².